The van der Waals surface area contributed by atoms with Gasteiger partial charge < -0.3 is 10.2 Å². The van der Waals surface area contributed by atoms with Gasteiger partial charge in [-0.3, -0.25) is 9.59 Å². The van der Waals surface area contributed by atoms with Gasteiger partial charge in [-0.05, 0) is 47.9 Å². The van der Waals surface area contributed by atoms with Gasteiger partial charge in [0.05, 0.1) is 4.90 Å². The van der Waals surface area contributed by atoms with Crippen LogP contribution in [0.2, 0.25) is 0 Å². The van der Waals surface area contributed by atoms with Gasteiger partial charge in [0.25, 0.3) is 5.91 Å². The van der Waals surface area contributed by atoms with Crippen LogP contribution in [0.4, 0.5) is 5.69 Å². The molecule has 1 N–H and O–H groups in total. The highest BCUT2D eigenvalue weighted by atomic mass is 32.2. The number of hydrogen-bond donors (Lipinski definition) is 1. The highest BCUT2D eigenvalue weighted by Gasteiger charge is 2.28. The number of fused-ring (bicyclic) bond motifs is 1. The van der Waals surface area contributed by atoms with Crippen molar-refractivity contribution in [3.05, 3.63) is 72.3 Å². The average Bonchev–Trinajstić information content (AvgIpc) is 2.78. The summed E-state index contributed by atoms with van der Waals surface area (Å²) < 4.78 is 23.4. The molecule has 1 aliphatic heterocycles. The van der Waals surface area contributed by atoms with Crippen LogP contribution in [-0.4, -0.2) is 44.5 Å². The number of amides is 2. The van der Waals surface area contributed by atoms with Crippen molar-refractivity contribution in [1.82, 2.24) is 4.90 Å². The van der Waals surface area contributed by atoms with Crippen LogP contribution in [0.3, 0.4) is 0 Å². The van der Waals surface area contributed by atoms with E-state index in [-0.39, 0.29) is 22.6 Å². The van der Waals surface area contributed by atoms with E-state index in [1.807, 2.05) is 42.5 Å². The number of nitrogens with zero attached hydrogens (tertiary/aromatic N) is 1. The molecule has 31 heavy (non-hydrogen) atoms. The highest BCUT2D eigenvalue weighted by molar-refractivity contribution is 7.90. The molecule has 2 amide bonds. The largest absolute Gasteiger partial charge is 0.339 e. The highest BCUT2D eigenvalue weighted by Crippen LogP contribution is 2.25. The van der Waals surface area contributed by atoms with Crippen molar-refractivity contribution < 1.29 is 18.0 Å². The minimum atomic E-state index is -3.34. The lowest BCUT2D eigenvalue weighted by atomic mass is 9.94. The molecule has 1 aliphatic rings. The molecule has 0 atom stereocenters. The summed E-state index contributed by atoms with van der Waals surface area (Å²) >= 11 is 0. The summed E-state index contributed by atoms with van der Waals surface area (Å²) in [4.78, 5) is 27.7. The SMILES string of the molecule is CS(=O)(=O)c1cccc(NC(=O)C2CCN(C(=O)c3cccc4ccccc34)CC2)c1. The van der Waals surface area contributed by atoms with Crippen molar-refractivity contribution in [2.75, 3.05) is 24.7 Å². The van der Waals surface area contributed by atoms with Crippen molar-refractivity contribution >= 4 is 38.1 Å². The number of nitrogens with one attached hydrogen (secondary N) is 1. The summed E-state index contributed by atoms with van der Waals surface area (Å²) in [5, 5.41) is 4.78. The van der Waals surface area contributed by atoms with Crippen LogP contribution in [-0.2, 0) is 14.6 Å². The maximum absolute atomic E-state index is 13.1. The normalized spacial score (nSPS) is 15.1. The molecule has 0 spiro atoms. The molecule has 1 heterocycles. The monoisotopic (exact) mass is 436 g/mol. The first-order valence-corrected chi connectivity index (χ1v) is 12.1. The average molecular weight is 437 g/mol. The molecule has 0 aliphatic carbocycles. The van der Waals surface area contributed by atoms with E-state index in [1.165, 1.54) is 12.1 Å². The predicted molar refractivity (Wildman–Crippen MR) is 121 cm³/mol. The Morgan fingerprint density at radius 1 is 0.935 bits per heavy atom. The van der Waals surface area contributed by atoms with E-state index in [0.29, 0.717) is 37.2 Å². The topological polar surface area (TPSA) is 83.6 Å². The van der Waals surface area contributed by atoms with Gasteiger partial charge in [0, 0.05) is 36.5 Å². The Balaban J connectivity index is 1.40. The molecule has 1 fully saturated rings. The van der Waals surface area contributed by atoms with Gasteiger partial charge in [-0.1, -0.05) is 42.5 Å². The zero-order chi connectivity index (χ0) is 22.0. The summed E-state index contributed by atoms with van der Waals surface area (Å²) in [6.07, 6.45) is 2.26. The van der Waals surface area contributed by atoms with Crippen LogP contribution in [0.15, 0.2) is 71.6 Å². The fourth-order valence-corrected chi connectivity index (χ4v) is 4.64. The van der Waals surface area contributed by atoms with Crippen LogP contribution in [0, 0.1) is 5.92 Å². The number of rotatable bonds is 4. The van der Waals surface area contributed by atoms with E-state index >= 15 is 0 Å². The van der Waals surface area contributed by atoms with E-state index in [0.717, 1.165) is 17.0 Å². The van der Waals surface area contributed by atoms with Crippen molar-refractivity contribution in [3.8, 4) is 0 Å². The van der Waals surface area contributed by atoms with Crippen LogP contribution in [0.25, 0.3) is 10.8 Å². The van der Waals surface area contributed by atoms with E-state index in [9.17, 15) is 18.0 Å². The first-order valence-electron chi connectivity index (χ1n) is 10.2. The quantitative estimate of drug-likeness (QED) is 0.675. The van der Waals surface area contributed by atoms with Gasteiger partial charge in [0.15, 0.2) is 9.84 Å². The number of carbonyl (C=O) groups is 2. The standard InChI is InChI=1S/C24H24N2O4S/c1-31(29,30)20-9-5-8-19(16-20)25-23(27)18-12-14-26(15-13-18)24(28)22-11-4-7-17-6-2-3-10-21(17)22/h2-11,16,18H,12-15H2,1H3,(H,25,27). The molecule has 0 aromatic heterocycles. The van der Waals surface area contributed by atoms with Crippen molar-refractivity contribution in [2.45, 2.75) is 17.7 Å². The van der Waals surface area contributed by atoms with Crippen LogP contribution in [0.1, 0.15) is 23.2 Å². The lowest BCUT2D eigenvalue weighted by Crippen LogP contribution is -2.41. The minimum absolute atomic E-state index is 0.0171. The second-order valence-electron chi connectivity index (χ2n) is 7.88. The molecule has 3 aromatic rings. The van der Waals surface area contributed by atoms with Crippen molar-refractivity contribution in [3.63, 3.8) is 0 Å². The maximum Gasteiger partial charge on any atom is 0.254 e. The first kappa shape index (κ1) is 21.1. The van der Waals surface area contributed by atoms with E-state index < -0.39 is 9.84 Å². The van der Waals surface area contributed by atoms with Crippen LogP contribution in [0.5, 0.6) is 0 Å². The number of benzene rings is 3. The number of hydrogen-bond acceptors (Lipinski definition) is 4. The Labute approximate surface area is 181 Å². The van der Waals surface area contributed by atoms with Gasteiger partial charge in [0.1, 0.15) is 0 Å². The zero-order valence-electron chi connectivity index (χ0n) is 17.2. The van der Waals surface area contributed by atoms with E-state index in [4.69, 9.17) is 0 Å². The van der Waals surface area contributed by atoms with Gasteiger partial charge in [0.2, 0.25) is 5.91 Å². The molecule has 1 saturated heterocycles. The third-order valence-corrected chi connectivity index (χ3v) is 6.81. The fraction of sp³-hybridized carbons (Fsp3) is 0.250. The summed E-state index contributed by atoms with van der Waals surface area (Å²) in [6, 6.07) is 19.8. The summed E-state index contributed by atoms with van der Waals surface area (Å²) in [7, 11) is -3.34. The van der Waals surface area contributed by atoms with E-state index in [1.54, 1.807) is 17.0 Å². The Morgan fingerprint density at radius 2 is 1.61 bits per heavy atom. The Bertz CT molecular complexity index is 1240. The Kier molecular flexibility index (Phi) is 5.78. The summed E-state index contributed by atoms with van der Waals surface area (Å²) in [5.74, 6) is -0.391. The molecule has 3 aromatic carbocycles. The molecule has 0 unspecified atom stereocenters. The first-order chi connectivity index (χ1) is 14.8. The summed E-state index contributed by atoms with van der Waals surface area (Å²) in [5.41, 5.74) is 1.14. The molecule has 4 rings (SSSR count). The van der Waals surface area contributed by atoms with Gasteiger partial charge in [-0.15, -0.1) is 0 Å². The Morgan fingerprint density at radius 3 is 2.35 bits per heavy atom. The number of piperidine rings is 1. The van der Waals surface area contributed by atoms with Crippen LogP contribution >= 0.6 is 0 Å². The number of anilines is 1. The molecule has 0 bridgehead atoms. The van der Waals surface area contributed by atoms with Crippen molar-refractivity contribution in [1.29, 1.82) is 0 Å². The van der Waals surface area contributed by atoms with Gasteiger partial charge in [-0.2, -0.15) is 0 Å². The number of sulfone groups is 1. The third-order valence-electron chi connectivity index (χ3n) is 5.70. The minimum Gasteiger partial charge on any atom is -0.339 e. The van der Waals surface area contributed by atoms with Crippen molar-refractivity contribution in [2.24, 2.45) is 5.92 Å². The van der Waals surface area contributed by atoms with Crippen LogP contribution < -0.4 is 5.32 Å². The van der Waals surface area contributed by atoms with Gasteiger partial charge in [-0.25, -0.2) is 8.42 Å². The molecular formula is C24H24N2O4S. The second-order valence-corrected chi connectivity index (χ2v) is 9.90. The smallest absolute Gasteiger partial charge is 0.254 e. The lowest BCUT2D eigenvalue weighted by molar-refractivity contribution is -0.121. The second kappa shape index (κ2) is 8.51. The molecule has 6 nitrogen and oxygen atoms in total. The molecule has 0 radical (unpaired) electrons. The third kappa shape index (κ3) is 4.61. The fourth-order valence-electron chi connectivity index (χ4n) is 3.98. The molecule has 7 heteroatoms. The predicted octanol–water partition coefficient (Wildman–Crippen LogP) is 3.73. The number of likely N-dealkylation sites (tertiary alicyclic amines) is 1. The molecular weight excluding hydrogens is 412 g/mol. The number of carbonyl (C=O) groups excluding carboxylic acids is 2. The molecule has 0 saturated carbocycles. The van der Waals surface area contributed by atoms with E-state index in [2.05, 4.69) is 5.32 Å². The Hall–Kier alpha value is -3.19. The lowest BCUT2D eigenvalue weighted by Gasteiger charge is -2.31. The van der Waals surface area contributed by atoms with Gasteiger partial charge >= 0.3 is 0 Å². The zero-order valence-corrected chi connectivity index (χ0v) is 18.1. The summed E-state index contributed by atoms with van der Waals surface area (Å²) in [6.45, 7) is 1.01. The molecule has 160 valence electrons. The maximum atomic E-state index is 13.1.